The second-order valence-electron chi connectivity index (χ2n) is 15.7. The Morgan fingerprint density at radius 3 is 2.31 bits per heavy atom. The van der Waals surface area contributed by atoms with E-state index in [1.165, 1.54) is 13.2 Å². The van der Waals surface area contributed by atoms with Crippen molar-refractivity contribution in [1.29, 1.82) is 0 Å². The number of ether oxygens (including phenoxy) is 5. The van der Waals surface area contributed by atoms with Gasteiger partial charge < -0.3 is 43.4 Å². The van der Waals surface area contributed by atoms with Crippen molar-refractivity contribution in [1.82, 2.24) is 0 Å². The van der Waals surface area contributed by atoms with Gasteiger partial charge in [-0.3, -0.25) is 19.2 Å². The van der Waals surface area contributed by atoms with Gasteiger partial charge >= 0.3 is 17.9 Å². The van der Waals surface area contributed by atoms with Gasteiger partial charge in [0.25, 0.3) is 0 Å². The highest BCUT2D eigenvalue weighted by molar-refractivity contribution is 5.91. The number of Topliss-reactive ketones (excluding diaryl/α,β-unsaturated/α-hetero) is 1. The van der Waals surface area contributed by atoms with Crippen molar-refractivity contribution in [2.45, 2.75) is 122 Å². The number of epoxide rings is 1. The highest BCUT2D eigenvalue weighted by atomic mass is 16.7. The summed E-state index contributed by atoms with van der Waals surface area (Å²) in [6.07, 6.45) is -5.09. The first-order chi connectivity index (χ1) is 22.5. The Morgan fingerprint density at radius 1 is 1.02 bits per heavy atom. The first-order valence-electron chi connectivity index (χ1n) is 16.9. The molecule has 1 unspecified atom stereocenters. The van der Waals surface area contributed by atoms with Crippen LogP contribution in [0.15, 0.2) is 23.0 Å². The number of fused-ring (bicyclic) bond motifs is 1. The molecule has 0 radical (unpaired) electrons. The minimum atomic E-state index is -1.66. The standard InChI is InChI=1S/C35H46O13/c1-8-15(2)29(42)47-30-31(5)20-12-21(38)33(7)25(34(20,14-44-30)27(41)24(45-16(3)36)28(31)46-17(4)37)23(39)26(40)32(6)19(18-9-10-43-13-18)11-22-35(32,33)48-22/h9-10,13,15,19-22,24-28,30,38,40-41H,8,11-12,14H2,1-7H3/t15-,19+,20+,21-,22-,24-,25?,26+,27+,28-,30+,31+,32+,33+,34+,35+/m1/s1. The zero-order chi connectivity index (χ0) is 34.9. The molecule has 6 aliphatic rings. The molecule has 2 saturated heterocycles. The van der Waals surface area contributed by atoms with E-state index in [4.69, 9.17) is 28.1 Å². The molecule has 1 aromatic heterocycles. The normalized spacial score (nSPS) is 50.6. The Morgan fingerprint density at radius 2 is 1.71 bits per heavy atom. The lowest BCUT2D eigenvalue weighted by molar-refractivity contribution is -0.391. The van der Waals surface area contributed by atoms with Crippen LogP contribution in [-0.4, -0.2) is 94.1 Å². The average Bonchev–Trinajstić information content (AvgIpc) is 3.39. The predicted molar refractivity (Wildman–Crippen MR) is 161 cm³/mol. The largest absolute Gasteiger partial charge is 0.472 e. The smallest absolute Gasteiger partial charge is 0.310 e. The molecule has 1 spiro atoms. The molecule has 2 aliphatic heterocycles. The van der Waals surface area contributed by atoms with Crippen molar-refractivity contribution < 1.29 is 62.6 Å². The van der Waals surface area contributed by atoms with E-state index in [2.05, 4.69) is 0 Å². The maximum Gasteiger partial charge on any atom is 0.310 e. The summed E-state index contributed by atoms with van der Waals surface area (Å²) in [5.41, 5.74) is -6.04. The maximum absolute atomic E-state index is 15.0. The summed E-state index contributed by atoms with van der Waals surface area (Å²) >= 11 is 0. The fourth-order valence-electron chi connectivity index (χ4n) is 11.6. The Bertz CT molecular complexity index is 1530. The molecule has 4 aliphatic carbocycles. The third-order valence-corrected chi connectivity index (χ3v) is 13.9. The summed E-state index contributed by atoms with van der Waals surface area (Å²) in [6, 6.07) is 1.80. The highest BCUT2D eigenvalue weighted by Crippen LogP contribution is 2.82. The first-order valence-corrected chi connectivity index (χ1v) is 16.9. The summed E-state index contributed by atoms with van der Waals surface area (Å²) in [5, 5.41) is 37.2. The van der Waals surface area contributed by atoms with Crippen LogP contribution in [0, 0.1) is 39.4 Å². The van der Waals surface area contributed by atoms with Gasteiger partial charge in [0, 0.05) is 41.9 Å². The van der Waals surface area contributed by atoms with Crippen molar-refractivity contribution in [2.24, 2.45) is 39.4 Å². The lowest BCUT2D eigenvalue weighted by Crippen LogP contribution is -2.84. The van der Waals surface area contributed by atoms with Gasteiger partial charge in [-0.15, -0.1) is 0 Å². The molecule has 13 nitrogen and oxygen atoms in total. The van der Waals surface area contributed by atoms with Crippen molar-refractivity contribution >= 4 is 23.7 Å². The van der Waals surface area contributed by atoms with Gasteiger partial charge in [0.15, 0.2) is 18.0 Å². The molecular weight excluding hydrogens is 628 g/mol. The Kier molecular flexibility index (Phi) is 7.42. The van der Waals surface area contributed by atoms with Gasteiger partial charge in [-0.1, -0.05) is 27.7 Å². The van der Waals surface area contributed by atoms with Crippen molar-refractivity contribution in [3.05, 3.63) is 24.2 Å². The number of aliphatic hydroxyl groups excluding tert-OH is 3. The third-order valence-electron chi connectivity index (χ3n) is 13.9. The molecule has 13 heteroatoms. The van der Waals surface area contributed by atoms with Crippen molar-refractivity contribution in [2.75, 3.05) is 6.61 Å². The fourth-order valence-corrected chi connectivity index (χ4v) is 11.6. The van der Waals surface area contributed by atoms with Crippen LogP contribution in [0.2, 0.25) is 0 Å². The molecule has 3 N–H and O–H groups in total. The molecule has 0 aromatic carbocycles. The zero-order valence-corrected chi connectivity index (χ0v) is 28.3. The van der Waals surface area contributed by atoms with E-state index in [9.17, 15) is 29.7 Å². The van der Waals surface area contributed by atoms with E-state index in [-0.39, 0.29) is 18.9 Å². The van der Waals surface area contributed by atoms with Gasteiger partial charge in [0.2, 0.25) is 6.29 Å². The van der Waals surface area contributed by atoms with Gasteiger partial charge in [-0.25, -0.2) is 0 Å². The Balaban J connectivity index is 1.42. The van der Waals surface area contributed by atoms with Crippen LogP contribution in [0.4, 0.5) is 0 Å². The Labute approximate surface area is 278 Å². The van der Waals surface area contributed by atoms with Crippen LogP contribution in [0.3, 0.4) is 0 Å². The molecule has 4 saturated carbocycles. The third kappa shape index (κ3) is 3.74. The summed E-state index contributed by atoms with van der Waals surface area (Å²) in [4.78, 5) is 53.5. The molecule has 2 bridgehead atoms. The number of hydrogen-bond donors (Lipinski definition) is 3. The zero-order valence-electron chi connectivity index (χ0n) is 28.3. The van der Waals surface area contributed by atoms with Crippen LogP contribution in [-0.2, 0) is 42.9 Å². The molecule has 16 atom stereocenters. The molecule has 0 amide bonds. The fraction of sp³-hybridized carbons (Fsp3) is 0.771. The topological polar surface area (TPSA) is 192 Å². The number of hydrogen-bond acceptors (Lipinski definition) is 13. The first kappa shape index (κ1) is 33.6. The van der Waals surface area contributed by atoms with Gasteiger partial charge in [-0.05, 0) is 43.7 Å². The summed E-state index contributed by atoms with van der Waals surface area (Å²) in [7, 11) is 0. The SMILES string of the molecule is CC[C@@H](C)C(=O)O[C@@H]1OC[C@@]23C4C(=O)[C@H](O)[C@]5(C)[C@H](c6ccoc6)C[C@H]6O[C@@]65[C@@]4(C)[C@H](O)C[C@H]2[C@@]1(C)[C@H](OC(C)=O)[C@H](OC(C)=O)[C@@H]3O. The molecule has 3 heterocycles. The van der Waals surface area contributed by atoms with E-state index < -0.39 is 112 Å². The number of ketones is 1. The van der Waals surface area contributed by atoms with E-state index in [0.29, 0.717) is 12.8 Å². The van der Waals surface area contributed by atoms with E-state index >= 15 is 4.79 Å². The lowest BCUT2D eigenvalue weighted by atomic mass is 9.33. The highest BCUT2D eigenvalue weighted by Gasteiger charge is 2.92. The lowest BCUT2D eigenvalue weighted by Gasteiger charge is -2.73. The van der Waals surface area contributed by atoms with Crippen molar-refractivity contribution in [3.63, 3.8) is 0 Å². The Hall–Kier alpha value is -2.84. The molecule has 7 rings (SSSR count). The number of esters is 3. The molecule has 6 fully saturated rings. The van der Waals surface area contributed by atoms with Gasteiger partial charge in [0.1, 0.15) is 17.8 Å². The monoisotopic (exact) mass is 674 g/mol. The molecular formula is C35H46O13. The number of furan rings is 1. The summed E-state index contributed by atoms with van der Waals surface area (Å²) in [5.74, 6) is -5.68. The van der Waals surface area contributed by atoms with Crippen LogP contribution in [0.25, 0.3) is 0 Å². The minimum absolute atomic E-state index is 0.0283. The number of carbonyl (C=O) groups is 4. The predicted octanol–water partition coefficient (Wildman–Crippen LogP) is 2.03. The second-order valence-corrected chi connectivity index (χ2v) is 15.7. The van der Waals surface area contributed by atoms with E-state index in [1.807, 2.05) is 13.8 Å². The van der Waals surface area contributed by atoms with Gasteiger partial charge in [-0.2, -0.15) is 0 Å². The average molecular weight is 675 g/mol. The molecule has 1 aromatic rings. The number of rotatable bonds is 6. The van der Waals surface area contributed by atoms with Crippen LogP contribution in [0.1, 0.15) is 79.2 Å². The molecule has 48 heavy (non-hydrogen) atoms. The quantitative estimate of drug-likeness (QED) is 0.226. The van der Waals surface area contributed by atoms with Crippen LogP contribution < -0.4 is 0 Å². The molecule has 264 valence electrons. The maximum atomic E-state index is 15.0. The van der Waals surface area contributed by atoms with E-state index in [0.717, 1.165) is 12.5 Å². The van der Waals surface area contributed by atoms with Crippen LogP contribution in [0.5, 0.6) is 0 Å². The second kappa shape index (κ2) is 10.6. The van der Waals surface area contributed by atoms with E-state index in [1.54, 1.807) is 33.1 Å². The number of aliphatic hydroxyl groups is 3. The minimum Gasteiger partial charge on any atom is -0.472 e. The summed E-state index contributed by atoms with van der Waals surface area (Å²) in [6.45, 7) is 10.8. The summed E-state index contributed by atoms with van der Waals surface area (Å²) < 4.78 is 35.9. The number of carbonyl (C=O) groups excluding carboxylic acids is 4. The van der Waals surface area contributed by atoms with Crippen molar-refractivity contribution in [3.8, 4) is 0 Å². The van der Waals surface area contributed by atoms with Gasteiger partial charge in [0.05, 0.1) is 42.7 Å². The van der Waals surface area contributed by atoms with Crippen LogP contribution >= 0.6 is 0 Å².